The summed E-state index contributed by atoms with van der Waals surface area (Å²) in [5, 5.41) is 5.42. The minimum absolute atomic E-state index is 0.946. The number of benzene rings is 1. The molecule has 1 aliphatic heterocycles. The van der Waals surface area contributed by atoms with Crippen molar-refractivity contribution < 1.29 is 4.84 Å². The highest BCUT2D eigenvalue weighted by molar-refractivity contribution is 5.54. The third-order valence-electron chi connectivity index (χ3n) is 1.36. The maximum atomic E-state index is 4.70. The van der Waals surface area contributed by atoms with Crippen LogP contribution in [0.1, 0.15) is 0 Å². The molecule has 0 amide bonds. The van der Waals surface area contributed by atoms with Crippen LogP contribution in [0.15, 0.2) is 35.4 Å². The molecule has 2 rings (SSSR count). The van der Waals surface area contributed by atoms with Crippen LogP contribution in [0.4, 0.5) is 5.69 Å². The van der Waals surface area contributed by atoms with Gasteiger partial charge >= 0.3 is 0 Å². The molecule has 1 aromatic carbocycles. The molecule has 1 aliphatic rings. The lowest BCUT2D eigenvalue weighted by Gasteiger charge is -2.10. The van der Waals surface area contributed by atoms with E-state index in [1.807, 2.05) is 30.3 Å². The molecule has 1 N–H and O–H groups in total. The molecule has 0 fully saturated rings. The van der Waals surface area contributed by atoms with Gasteiger partial charge in [-0.05, 0) is 17.7 Å². The Morgan fingerprint density at radius 1 is 1.27 bits per heavy atom. The number of nitrogens with one attached hydrogen (secondary N) is 1. The van der Waals surface area contributed by atoms with Crippen LogP contribution in [-0.2, 0) is 4.84 Å². The lowest BCUT2D eigenvalue weighted by Crippen LogP contribution is -2.26. The molecule has 0 saturated heterocycles. The normalized spacial score (nSPS) is 15.1. The SMILES string of the molecule is C1=NN(c2ccccc2)NO1. The molecule has 1 aromatic rings. The number of anilines is 1. The quantitative estimate of drug-likeness (QED) is 0.644. The van der Waals surface area contributed by atoms with Crippen LogP contribution in [0.25, 0.3) is 0 Å². The average Bonchev–Trinajstić information content (AvgIpc) is 2.58. The smallest absolute Gasteiger partial charge is 0.223 e. The van der Waals surface area contributed by atoms with Crippen LogP contribution >= 0.6 is 0 Å². The molecule has 56 valence electrons. The van der Waals surface area contributed by atoms with Crippen molar-refractivity contribution in [2.75, 3.05) is 5.12 Å². The van der Waals surface area contributed by atoms with E-state index in [0.717, 1.165) is 5.69 Å². The molecule has 0 unspecified atom stereocenters. The first-order valence-corrected chi connectivity index (χ1v) is 3.26. The van der Waals surface area contributed by atoms with Gasteiger partial charge in [0.25, 0.3) is 0 Å². The fourth-order valence-corrected chi connectivity index (χ4v) is 0.856. The van der Waals surface area contributed by atoms with Gasteiger partial charge < -0.3 is 4.84 Å². The van der Waals surface area contributed by atoms with E-state index in [1.165, 1.54) is 6.40 Å². The third kappa shape index (κ3) is 1.15. The number of hydrazine groups is 1. The van der Waals surface area contributed by atoms with Gasteiger partial charge in [0.15, 0.2) is 0 Å². The highest BCUT2D eigenvalue weighted by Crippen LogP contribution is 2.11. The van der Waals surface area contributed by atoms with Gasteiger partial charge in [0.05, 0.1) is 5.69 Å². The summed E-state index contributed by atoms with van der Waals surface area (Å²) < 4.78 is 0. The van der Waals surface area contributed by atoms with Gasteiger partial charge in [0.1, 0.15) is 0 Å². The summed E-state index contributed by atoms with van der Waals surface area (Å²) in [5.74, 6) is 0. The van der Waals surface area contributed by atoms with Crippen molar-refractivity contribution >= 4 is 12.1 Å². The largest absolute Gasteiger partial charge is 0.373 e. The zero-order chi connectivity index (χ0) is 7.52. The number of hydrogen-bond acceptors (Lipinski definition) is 4. The van der Waals surface area contributed by atoms with Gasteiger partial charge in [0.2, 0.25) is 6.40 Å². The molecule has 0 atom stereocenters. The number of hydrogen-bond donors (Lipinski definition) is 1. The molecule has 0 bridgehead atoms. The summed E-state index contributed by atoms with van der Waals surface area (Å²) in [7, 11) is 0. The third-order valence-corrected chi connectivity index (χ3v) is 1.36. The predicted molar refractivity (Wildman–Crippen MR) is 41.6 cm³/mol. The Morgan fingerprint density at radius 2 is 2.09 bits per heavy atom. The Morgan fingerprint density at radius 3 is 2.73 bits per heavy atom. The minimum Gasteiger partial charge on any atom is -0.373 e. The van der Waals surface area contributed by atoms with Crippen LogP contribution in [0, 0.1) is 0 Å². The second-order valence-electron chi connectivity index (χ2n) is 2.08. The van der Waals surface area contributed by atoms with E-state index in [4.69, 9.17) is 4.84 Å². The van der Waals surface area contributed by atoms with Crippen molar-refractivity contribution in [1.82, 2.24) is 5.59 Å². The van der Waals surface area contributed by atoms with Crippen molar-refractivity contribution in [2.45, 2.75) is 0 Å². The van der Waals surface area contributed by atoms with Gasteiger partial charge in [-0.3, -0.25) is 0 Å². The number of nitrogens with zero attached hydrogens (tertiary/aromatic N) is 2. The molecule has 0 saturated carbocycles. The van der Waals surface area contributed by atoms with Crippen LogP contribution in [0.3, 0.4) is 0 Å². The zero-order valence-corrected chi connectivity index (χ0v) is 5.77. The van der Waals surface area contributed by atoms with Gasteiger partial charge in [-0.1, -0.05) is 18.2 Å². The Kier molecular flexibility index (Phi) is 1.46. The molecular formula is C7H7N3O. The van der Waals surface area contributed by atoms with E-state index in [1.54, 1.807) is 5.12 Å². The molecule has 1 heterocycles. The fraction of sp³-hybridized carbons (Fsp3) is 0. The molecule has 0 aromatic heterocycles. The van der Waals surface area contributed by atoms with Crippen LogP contribution in [0.5, 0.6) is 0 Å². The van der Waals surface area contributed by atoms with E-state index in [-0.39, 0.29) is 0 Å². The van der Waals surface area contributed by atoms with Gasteiger partial charge in [-0.25, -0.2) is 0 Å². The van der Waals surface area contributed by atoms with E-state index >= 15 is 0 Å². The maximum Gasteiger partial charge on any atom is 0.223 e. The first-order chi connectivity index (χ1) is 5.47. The average molecular weight is 149 g/mol. The highest BCUT2D eigenvalue weighted by atomic mass is 16.7. The highest BCUT2D eigenvalue weighted by Gasteiger charge is 2.06. The van der Waals surface area contributed by atoms with Crippen molar-refractivity contribution in [3.05, 3.63) is 30.3 Å². The molecule has 0 aliphatic carbocycles. The van der Waals surface area contributed by atoms with Crippen molar-refractivity contribution in [3.8, 4) is 0 Å². The van der Waals surface area contributed by atoms with E-state index in [0.29, 0.717) is 0 Å². The summed E-state index contributed by atoms with van der Waals surface area (Å²) in [4.78, 5) is 4.70. The van der Waals surface area contributed by atoms with Crippen LogP contribution in [-0.4, -0.2) is 6.40 Å². The molecule has 4 heteroatoms. The monoisotopic (exact) mass is 149 g/mol. The zero-order valence-electron chi connectivity index (χ0n) is 5.77. The van der Waals surface area contributed by atoms with E-state index < -0.39 is 0 Å². The van der Waals surface area contributed by atoms with Crippen molar-refractivity contribution in [3.63, 3.8) is 0 Å². The Labute approximate surface area is 64.0 Å². The summed E-state index contributed by atoms with van der Waals surface area (Å²) in [6.07, 6.45) is 1.34. The van der Waals surface area contributed by atoms with Crippen molar-refractivity contribution in [1.29, 1.82) is 0 Å². The minimum atomic E-state index is 0.946. The molecule has 11 heavy (non-hydrogen) atoms. The molecule has 0 radical (unpaired) electrons. The van der Waals surface area contributed by atoms with Gasteiger partial charge in [0, 0.05) is 0 Å². The number of hydrazone groups is 1. The predicted octanol–water partition coefficient (Wildman–Crippen LogP) is 0.886. The Balaban J connectivity index is 2.23. The van der Waals surface area contributed by atoms with Gasteiger partial charge in [-0.15, -0.1) is 5.10 Å². The lowest BCUT2D eigenvalue weighted by molar-refractivity contribution is 0.212. The van der Waals surface area contributed by atoms with Gasteiger partial charge in [-0.2, -0.15) is 5.12 Å². The molecule has 4 nitrogen and oxygen atoms in total. The fourth-order valence-electron chi connectivity index (χ4n) is 0.856. The standard InChI is InChI=1S/C7H7N3O/c1-2-4-7(5-3-1)10-8-6-11-9-10/h1-6,9H. The summed E-state index contributed by atoms with van der Waals surface area (Å²) in [6, 6.07) is 9.68. The summed E-state index contributed by atoms with van der Waals surface area (Å²) >= 11 is 0. The number of rotatable bonds is 1. The topological polar surface area (TPSA) is 36.9 Å². The summed E-state index contributed by atoms with van der Waals surface area (Å²) in [6.45, 7) is 0. The van der Waals surface area contributed by atoms with Crippen LogP contribution < -0.4 is 10.7 Å². The van der Waals surface area contributed by atoms with Crippen molar-refractivity contribution in [2.24, 2.45) is 5.10 Å². The lowest BCUT2D eigenvalue weighted by atomic mass is 10.3. The second kappa shape index (κ2) is 2.59. The maximum absolute atomic E-state index is 4.70. The Bertz CT molecular complexity index is 260. The van der Waals surface area contributed by atoms with E-state index in [9.17, 15) is 0 Å². The van der Waals surface area contributed by atoms with Crippen LogP contribution in [0.2, 0.25) is 0 Å². The van der Waals surface area contributed by atoms with E-state index in [2.05, 4.69) is 10.7 Å². The first kappa shape index (κ1) is 6.18. The number of para-hydroxylation sites is 1. The summed E-state index contributed by atoms with van der Waals surface area (Å²) in [5.41, 5.74) is 3.53. The second-order valence-corrected chi connectivity index (χ2v) is 2.08. The molecule has 0 spiro atoms. The molecular weight excluding hydrogens is 142 g/mol. The first-order valence-electron chi connectivity index (χ1n) is 3.26. The Hall–Kier alpha value is -1.55.